The zero-order valence-electron chi connectivity index (χ0n) is 49.8. The van der Waals surface area contributed by atoms with E-state index in [2.05, 4.69) is 264 Å². The molecule has 0 amide bonds. The van der Waals surface area contributed by atoms with Crippen LogP contribution in [-0.2, 0) is 0 Å². The predicted octanol–water partition coefficient (Wildman–Crippen LogP) is 20.9. The molecular weight excluding hydrogens is 1120 g/mol. The fraction of sp³-hybridized carbons (Fsp3) is 0. The summed E-state index contributed by atoms with van der Waals surface area (Å²) in [6, 6.07) is 115. The van der Waals surface area contributed by atoms with Crippen LogP contribution in [0.5, 0.6) is 0 Å². The predicted molar refractivity (Wildman–Crippen MR) is 376 cm³/mol. The van der Waals surface area contributed by atoms with Crippen LogP contribution in [0.25, 0.3) is 168 Å². The maximum Gasteiger partial charge on any atom is 0.164 e. The summed E-state index contributed by atoms with van der Waals surface area (Å²) in [6.45, 7) is 0. The molecule has 430 valence electrons. The summed E-state index contributed by atoms with van der Waals surface area (Å²) in [4.78, 5) is 32.2. The highest BCUT2D eigenvalue weighted by atomic mass is 15.1. The van der Waals surface area contributed by atoms with Crippen molar-refractivity contribution >= 4 is 43.6 Å². The largest absolute Gasteiger partial charge is 0.309 e. The molecule has 0 aliphatic rings. The molecule has 0 aliphatic heterocycles. The maximum atomic E-state index is 5.45. The Hall–Kier alpha value is -12.5. The van der Waals surface area contributed by atoms with Crippen molar-refractivity contribution in [2.45, 2.75) is 0 Å². The monoisotopic (exact) mass is 1170 g/mol. The number of benzene rings is 13. The molecule has 4 aromatic heterocycles. The van der Waals surface area contributed by atoms with Gasteiger partial charge in [-0.3, -0.25) is 0 Å². The molecule has 0 unspecified atom stereocenters. The van der Waals surface area contributed by atoms with Crippen molar-refractivity contribution in [1.29, 1.82) is 0 Å². The van der Waals surface area contributed by atoms with Gasteiger partial charge in [0.25, 0.3) is 0 Å². The lowest BCUT2D eigenvalue weighted by Crippen LogP contribution is -2.05. The van der Waals surface area contributed by atoms with E-state index in [9.17, 15) is 0 Å². The van der Waals surface area contributed by atoms with Gasteiger partial charge in [0.2, 0.25) is 0 Å². The Morgan fingerprint density at radius 1 is 0.174 bits per heavy atom. The van der Waals surface area contributed by atoms with Crippen LogP contribution in [-0.4, -0.2) is 39.0 Å². The van der Waals surface area contributed by atoms with E-state index in [0.29, 0.717) is 34.9 Å². The Balaban J connectivity index is 0.963. The van der Waals surface area contributed by atoms with Crippen LogP contribution in [0, 0.1) is 0 Å². The first-order chi connectivity index (χ1) is 45.6. The van der Waals surface area contributed by atoms with Crippen LogP contribution < -0.4 is 0 Å². The molecule has 0 saturated heterocycles. The molecule has 4 heterocycles. The van der Waals surface area contributed by atoms with Crippen LogP contribution in [0.2, 0.25) is 0 Å². The third-order valence-electron chi connectivity index (χ3n) is 17.4. The molecule has 17 aromatic rings. The van der Waals surface area contributed by atoms with Crippen molar-refractivity contribution in [3.63, 3.8) is 0 Å². The van der Waals surface area contributed by atoms with E-state index in [-0.39, 0.29) is 0 Å². The summed E-state index contributed by atoms with van der Waals surface area (Å²) in [5.74, 6) is 3.39. The van der Waals surface area contributed by atoms with Gasteiger partial charge in [-0.15, -0.1) is 0 Å². The smallest absolute Gasteiger partial charge is 0.164 e. The third-order valence-corrected chi connectivity index (χ3v) is 17.4. The maximum absolute atomic E-state index is 5.45. The quantitative estimate of drug-likeness (QED) is 0.121. The molecule has 0 radical (unpaired) electrons. The Labute approximate surface area is 531 Å². The average molecular weight is 1180 g/mol. The second-order valence-corrected chi connectivity index (χ2v) is 23.0. The van der Waals surface area contributed by atoms with Gasteiger partial charge in [0.1, 0.15) is 0 Å². The Kier molecular flexibility index (Phi) is 13.4. The number of nitrogens with zero attached hydrogens (tertiary/aromatic N) is 8. The number of hydrogen-bond donors (Lipinski definition) is 0. The zero-order chi connectivity index (χ0) is 60.9. The fourth-order valence-electron chi connectivity index (χ4n) is 13.2. The third kappa shape index (κ3) is 9.58. The summed E-state index contributed by atoms with van der Waals surface area (Å²) in [5, 5.41) is 4.58. The lowest BCUT2D eigenvalue weighted by molar-refractivity contribution is 1.07. The summed E-state index contributed by atoms with van der Waals surface area (Å²) in [5.41, 5.74) is 19.8. The van der Waals surface area contributed by atoms with E-state index in [1.165, 1.54) is 0 Å². The first-order valence-corrected chi connectivity index (χ1v) is 30.9. The van der Waals surface area contributed by atoms with Gasteiger partial charge in [0.05, 0.1) is 33.4 Å². The first kappa shape index (κ1) is 53.7. The van der Waals surface area contributed by atoms with E-state index in [4.69, 9.17) is 29.9 Å². The van der Waals surface area contributed by atoms with E-state index < -0.39 is 0 Å². The molecule has 17 rings (SSSR count). The molecule has 13 aromatic carbocycles. The van der Waals surface area contributed by atoms with Gasteiger partial charge in [-0.25, -0.2) is 29.9 Å². The minimum atomic E-state index is 0.542. The van der Waals surface area contributed by atoms with Gasteiger partial charge in [-0.1, -0.05) is 273 Å². The van der Waals surface area contributed by atoms with Crippen LogP contribution in [0.1, 0.15) is 0 Å². The Morgan fingerprint density at radius 2 is 0.457 bits per heavy atom. The highest BCUT2D eigenvalue weighted by Gasteiger charge is 2.26. The molecule has 8 nitrogen and oxygen atoms in total. The molecule has 0 atom stereocenters. The van der Waals surface area contributed by atoms with Gasteiger partial charge >= 0.3 is 0 Å². The molecule has 0 spiro atoms. The van der Waals surface area contributed by atoms with Crippen molar-refractivity contribution in [2.75, 3.05) is 0 Å². The highest BCUT2D eigenvalue weighted by molar-refractivity contribution is 6.13. The Bertz CT molecular complexity index is 5150. The lowest BCUT2D eigenvalue weighted by atomic mass is 9.91. The van der Waals surface area contributed by atoms with E-state index in [1.54, 1.807) is 0 Å². The summed E-state index contributed by atoms with van der Waals surface area (Å²) in [6.07, 6.45) is 0. The topological polar surface area (TPSA) is 87.2 Å². The number of fused-ring (bicyclic) bond motifs is 6. The molecule has 0 fully saturated rings. The summed E-state index contributed by atoms with van der Waals surface area (Å²) in [7, 11) is 0. The normalized spacial score (nSPS) is 11.5. The molecule has 0 saturated carbocycles. The number of hydrogen-bond acceptors (Lipinski definition) is 6. The Morgan fingerprint density at radius 3 is 0.815 bits per heavy atom. The van der Waals surface area contributed by atoms with Crippen LogP contribution >= 0.6 is 0 Å². The van der Waals surface area contributed by atoms with Gasteiger partial charge in [-0.05, 0) is 88.0 Å². The lowest BCUT2D eigenvalue weighted by Gasteiger charge is -2.21. The zero-order valence-corrected chi connectivity index (χ0v) is 49.8. The van der Waals surface area contributed by atoms with E-state index in [0.717, 1.165) is 133 Å². The van der Waals surface area contributed by atoms with Gasteiger partial charge in [0, 0.05) is 66.1 Å². The SMILES string of the molecule is c1ccc(-c2ccc3c(c2)c2ccccc2n3-c2cccc(-c3nc(-c4ccccc4)nc(-c4ccccc4)n3)c2-c2cccc(-c3c(-c4nc(-c5ccccc5)nc(-c5ccccc5)n4)cccc3-n3c4ccccc4c4cc(-c5ccccc5)ccc43)c2)cc1. The van der Waals surface area contributed by atoms with Crippen molar-refractivity contribution in [3.8, 4) is 124 Å². The second kappa shape index (κ2) is 22.9. The van der Waals surface area contributed by atoms with Gasteiger partial charge < -0.3 is 9.13 Å². The van der Waals surface area contributed by atoms with Crippen LogP contribution in [0.4, 0.5) is 0 Å². The van der Waals surface area contributed by atoms with Gasteiger partial charge in [-0.2, -0.15) is 0 Å². The molecule has 0 bridgehead atoms. The standard InChI is InChI=1S/C84H54N8/c1-7-26-55(27-8-1)61-48-50-73-69(53-61)65-40-19-21-44-71(65)91(73)75-46-24-42-67(83-87-79(57-30-11-3-12-31-57)85-80(88-83)58-32-13-4-14-33-58)77(75)63-38-23-39-64(52-63)78-68(84-89-81(59-34-15-5-16-35-59)86-82(90-84)60-36-17-6-18-37-60)43-25-47-76(78)92-72-45-22-20-41-66(72)70-54-62(49-51-74(70)92)56-28-9-2-10-29-56/h1-54H. The van der Waals surface area contributed by atoms with E-state index in [1.807, 2.05) is 72.8 Å². The average Bonchev–Trinajstić information content (AvgIpc) is 1.57. The minimum absolute atomic E-state index is 0.542. The summed E-state index contributed by atoms with van der Waals surface area (Å²) < 4.78 is 4.84. The number of rotatable bonds is 12. The van der Waals surface area contributed by atoms with E-state index >= 15 is 0 Å². The van der Waals surface area contributed by atoms with Crippen molar-refractivity contribution in [2.24, 2.45) is 0 Å². The molecule has 0 N–H and O–H groups in total. The van der Waals surface area contributed by atoms with Crippen molar-refractivity contribution < 1.29 is 0 Å². The van der Waals surface area contributed by atoms with Crippen molar-refractivity contribution in [3.05, 3.63) is 328 Å². The van der Waals surface area contributed by atoms with Crippen molar-refractivity contribution in [1.82, 2.24) is 39.0 Å². The summed E-state index contributed by atoms with van der Waals surface area (Å²) >= 11 is 0. The van der Waals surface area contributed by atoms with Crippen LogP contribution in [0.15, 0.2) is 328 Å². The van der Waals surface area contributed by atoms with Gasteiger partial charge in [0.15, 0.2) is 34.9 Å². The van der Waals surface area contributed by atoms with Crippen LogP contribution in [0.3, 0.4) is 0 Å². The molecule has 0 aliphatic carbocycles. The molecular formula is C84H54N8. The molecule has 92 heavy (non-hydrogen) atoms. The fourth-order valence-corrected chi connectivity index (χ4v) is 13.2. The minimum Gasteiger partial charge on any atom is -0.309 e. The second-order valence-electron chi connectivity index (χ2n) is 23.0. The number of aromatic nitrogens is 8. The number of para-hydroxylation sites is 2. The highest BCUT2D eigenvalue weighted by Crippen LogP contribution is 2.46. The molecule has 8 heteroatoms. The first-order valence-electron chi connectivity index (χ1n) is 30.9.